The highest BCUT2D eigenvalue weighted by Gasteiger charge is 2.38. The van der Waals surface area contributed by atoms with Crippen LogP contribution in [0.2, 0.25) is 0 Å². The van der Waals surface area contributed by atoms with Gasteiger partial charge in [-0.25, -0.2) is 4.39 Å². The molecule has 2 fully saturated rings. The lowest BCUT2D eigenvalue weighted by Crippen LogP contribution is -2.46. The number of nitrogens with one attached hydrogen (secondary N) is 1. The maximum atomic E-state index is 13.0. The first kappa shape index (κ1) is 21.1. The van der Waals surface area contributed by atoms with Gasteiger partial charge in [-0.3, -0.25) is 14.4 Å². The average molecular weight is 405 g/mol. The number of hydrogen-bond acceptors (Lipinski definition) is 4. The summed E-state index contributed by atoms with van der Waals surface area (Å²) in [5.74, 6) is -0.421. The molecule has 1 aromatic rings. The van der Waals surface area contributed by atoms with E-state index in [0.717, 1.165) is 19.3 Å². The Hall–Kier alpha value is -2.64. The largest absolute Gasteiger partial charge is 0.484 e. The van der Waals surface area contributed by atoms with Gasteiger partial charge in [0.25, 0.3) is 5.91 Å². The van der Waals surface area contributed by atoms with Crippen LogP contribution < -0.4 is 10.1 Å². The topological polar surface area (TPSA) is 79.0 Å². The van der Waals surface area contributed by atoms with E-state index in [4.69, 9.17) is 4.74 Å². The van der Waals surface area contributed by atoms with E-state index in [9.17, 15) is 18.8 Å². The molecule has 8 heteroatoms. The number of halogens is 1. The first-order valence-electron chi connectivity index (χ1n) is 10.2. The minimum Gasteiger partial charge on any atom is -0.484 e. The summed E-state index contributed by atoms with van der Waals surface area (Å²) in [5, 5.41) is 2.92. The second-order valence-corrected chi connectivity index (χ2v) is 7.59. The molecule has 1 aliphatic heterocycles. The Morgan fingerprint density at radius 2 is 1.90 bits per heavy atom. The van der Waals surface area contributed by atoms with Gasteiger partial charge < -0.3 is 19.9 Å². The molecule has 1 aromatic carbocycles. The van der Waals surface area contributed by atoms with Crippen molar-refractivity contribution in [1.82, 2.24) is 15.1 Å². The molecule has 1 aliphatic carbocycles. The molecule has 0 aromatic heterocycles. The average Bonchev–Trinajstić information content (AvgIpc) is 3.17. The molecule has 158 valence electrons. The van der Waals surface area contributed by atoms with Crippen molar-refractivity contribution in [3.8, 4) is 5.75 Å². The molecule has 0 bridgehead atoms. The van der Waals surface area contributed by atoms with E-state index in [1.807, 2.05) is 0 Å². The Labute approximate surface area is 170 Å². The Morgan fingerprint density at radius 3 is 2.62 bits per heavy atom. The maximum Gasteiger partial charge on any atom is 0.260 e. The Balaban J connectivity index is 1.62. The molecule has 3 amide bonds. The molecule has 0 unspecified atom stereocenters. The fourth-order valence-corrected chi connectivity index (χ4v) is 4.18. The molecule has 2 aliphatic rings. The summed E-state index contributed by atoms with van der Waals surface area (Å²) in [5.41, 5.74) is 0. The lowest BCUT2D eigenvalue weighted by atomic mass is 10.0. The minimum atomic E-state index is -0.369. The van der Waals surface area contributed by atoms with Crippen LogP contribution in [0.15, 0.2) is 24.3 Å². The highest BCUT2D eigenvalue weighted by Crippen LogP contribution is 2.30. The SMILES string of the molecule is CC(=O)N1CCCN(C(=O)COc2ccc(F)cc2)CCNC(=O)[C@@H]2CCC[C@@H]21. The molecular weight excluding hydrogens is 377 g/mol. The summed E-state index contributed by atoms with van der Waals surface area (Å²) in [6, 6.07) is 5.43. The predicted molar refractivity (Wildman–Crippen MR) is 105 cm³/mol. The zero-order valence-corrected chi connectivity index (χ0v) is 16.7. The molecule has 2 atom stereocenters. The van der Waals surface area contributed by atoms with Gasteiger partial charge in [-0.05, 0) is 43.5 Å². The van der Waals surface area contributed by atoms with Crippen LogP contribution in [0.5, 0.6) is 5.75 Å². The molecule has 7 nitrogen and oxygen atoms in total. The zero-order chi connectivity index (χ0) is 20.8. The highest BCUT2D eigenvalue weighted by molar-refractivity contribution is 5.82. The van der Waals surface area contributed by atoms with E-state index >= 15 is 0 Å². The van der Waals surface area contributed by atoms with Gasteiger partial charge in [-0.1, -0.05) is 6.42 Å². The molecular formula is C21H28FN3O4. The van der Waals surface area contributed by atoms with Gasteiger partial charge in [0.2, 0.25) is 11.8 Å². The Bertz CT molecular complexity index is 740. The molecule has 3 rings (SSSR count). The number of carbonyl (C=O) groups excluding carboxylic acids is 3. The zero-order valence-electron chi connectivity index (χ0n) is 16.7. The second kappa shape index (κ2) is 9.71. The summed E-state index contributed by atoms with van der Waals surface area (Å²) in [6.45, 7) is 3.11. The van der Waals surface area contributed by atoms with Crippen LogP contribution >= 0.6 is 0 Å². The molecule has 29 heavy (non-hydrogen) atoms. The summed E-state index contributed by atoms with van der Waals surface area (Å²) < 4.78 is 18.4. The number of carbonyl (C=O) groups is 3. The number of ether oxygens (including phenoxy) is 1. The molecule has 0 spiro atoms. The third-order valence-corrected chi connectivity index (χ3v) is 5.66. The number of nitrogens with zero attached hydrogens (tertiary/aromatic N) is 2. The van der Waals surface area contributed by atoms with Crippen LogP contribution in [-0.2, 0) is 14.4 Å². The number of rotatable bonds is 3. The van der Waals surface area contributed by atoms with E-state index in [-0.39, 0.29) is 42.1 Å². The smallest absolute Gasteiger partial charge is 0.260 e. The van der Waals surface area contributed by atoms with Gasteiger partial charge >= 0.3 is 0 Å². The van der Waals surface area contributed by atoms with Crippen LogP contribution in [-0.4, -0.2) is 66.3 Å². The van der Waals surface area contributed by atoms with E-state index in [1.54, 1.807) is 9.80 Å². The molecule has 0 radical (unpaired) electrons. The van der Waals surface area contributed by atoms with Crippen LogP contribution in [0.1, 0.15) is 32.6 Å². The van der Waals surface area contributed by atoms with Crippen molar-refractivity contribution in [3.05, 3.63) is 30.1 Å². The maximum absolute atomic E-state index is 13.0. The van der Waals surface area contributed by atoms with Crippen molar-refractivity contribution in [3.63, 3.8) is 0 Å². The first-order valence-corrected chi connectivity index (χ1v) is 10.2. The summed E-state index contributed by atoms with van der Waals surface area (Å²) in [7, 11) is 0. The Morgan fingerprint density at radius 1 is 1.14 bits per heavy atom. The highest BCUT2D eigenvalue weighted by atomic mass is 19.1. The number of amides is 3. The number of benzene rings is 1. The van der Waals surface area contributed by atoms with Crippen molar-refractivity contribution < 1.29 is 23.5 Å². The lowest BCUT2D eigenvalue weighted by Gasteiger charge is -2.31. The van der Waals surface area contributed by atoms with Gasteiger partial charge in [0.15, 0.2) is 6.61 Å². The van der Waals surface area contributed by atoms with Gasteiger partial charge in [0, 0.05) is 39.1 Å². The predicted octanol–water partition coefficient (Wildman–Crippen LogP) is 1.57. The molecule has 1 heterocycles. The third-order valence-electron chi connectivity index (χ3n) is 5.66. The number of fused-ring (bicyclic) bond motifs is 1. The lowest BCUT2D eigenvalue weighted by molar-refractivity contribution is -0.134. The van der Waals surface area contributed by atoms with Gasteiger partial charge in [0.1, 0.15) is 11.6 Å². The quantitative estimate of drug-likeness (QED) is 0.828. The van der Waals surface area contributed by atoms with Gasteiger partial charge in [-0.15, -0.1) is 0 Å². The summed E-state index contributed by atoms with van der Waals surface area (Å²) in [6.07, 6.45) is 3.21. The van der Waals surface area contributed by atoms with Crippen LogP contribution in [0, 0.1) is 11.7 Å². The Kier molecular flexibility index (Phi) is 7.06. The fraction of sp³-hybridized carbons (Fsp3) is 0.571. The normalized spacial score (nSPS) is 23.0. The number of hydrogen-bond donors (Lipinski definition) is 1. The van der Waals surface area contributed by atoms with Crippen molar-refractivity contribution in [2.24, 2.45) is 5.92 Å². The fourth-order valence-electron chi connectivity index (χ4n) is 4.18. The van der Waals surface area contributed by atoms with Crippen LogP contribution in [0.25, 0.3) is 0 Å². The summed E-state index contributed by atoms with van der Waals surface area (Å²) >= 11 is 0. The molecule has 1 saturated carbocycles. The minimum absolute atomic E-state index is 0.0357. The third kappa shape index (κ3) is 5.46. The molecule has 1 saturated heterocycles. The van der Waals surface area contributed by atoms with Crippen LogP contribution in [0.4, 0.5) is 4.39 Å². The second-order valence-electron chi connectivity index (χ2n) is 7.59. The van der Waals surface area contributed by atoms with Crippen molar-refractivity contribution in [1.29, 1.82) is 0 Å². The van der Waals surface area contributed by atoms with Crippen molar-refractivity contribution in [2.75, 3.05) is 32.8 Å². The van der Waals surface area contributed by atoms with Crippen molar-refractivity contribution >= 4 is 17.7 Å². The van der Waals surface area contributed by atoms with Crippen LogP contribution in [0.3, 0.4) is 0 Å². The summed E-state index contributed by atoms with van der Waals surface area (Å²) in [4.78, 5) is 40.8. The standard InChI is InChI=1S/C21H28FN3O4/c1-15(26)25-12-3-11-24(13-10-23-21(28)18-4-2-5-19(18)25)20(27)14-29-17-8-6-16(22)7-9-17/h6-9,18-19H,2-5,10-14H2,1H3,(H,23,28)/t18-,19+/m1/s1. The van der Waals surface area contributed by atoms with E-state index in [1.165, 1.54) is 31.2 Å². The van der Waals surface area contributed by atoms with Gasteiger partial charge in [-0.2, -0.15) is 0 Å². The van der Waals surface area contributed by atoms with E-state index < -0.39 is 0 Å². The first-order chi connectivity index (χ1) is 14.0. The molecule has 1 N–H and O–H groups in total. The monoisotopic (exact) mass is 405 g/mol. The van der Waals surface area contributed by atoms with Crippen molar-refractivity contribution in [2.45, 2.75) is 38.6 Å². The van der Waals surface area contributed by atoms with Gasteiger partial charge in [0.05, 0.1) is 5.92 Å². The van der Waals surface area contributed by atoms with E-state index in [0.29, 0.717) is 38.3 Å². The van der Waals surface area contributed by atoms with E-state index in [2.05, 4.69) is 5.32 Å².